The van der Waals surface area contributed by atoms with Gasteiger partial charge in [-0.15, -0.1) is 0 Å². The average Bonchev–Trinajstić information content (AvgIpc) is 2.50. The summed E-state index contributed by atoms with van der Waals surface area (Å²) < 4.78 is 13.2. The number of benzene rings is 2. The summed E-state index contributed by atoms with van der Waals surface area (Å²) in [5, 5.41) is 0. The maximum atomic E-state index is 6.62. The van der Waals surface area contributed by atoms with Crippen LogP contribution in [0.2, 0.25) is 39.3 Å². The molecular formula is C20H30O2Si2. The molecule has 4 heteroatoms. The lowest BCUT2D eigenvalue weighted by Gasteiger charge is -2.36. The second-order valence-electron chi connectivity index (χ2n) is 8.12. The van der Waals surface area contributed by atoms with E-state index in [1.165, 1.54) is 11.1 Å². The van der Waals surface area contributed by atoms with Crippen molar-refractivity contribution in [2.24, 2.45) is 0 Å². The van der Waals surface area contributed by atoms with Crippen LogP contribution >= 0.6 is 0 Å². The minimum absolute atomic E-state index is 0.0769. The first-order valence-corrected chi connectivity index (χ1v) is 15.4. The van der Waals surface area contributed by atoms with Crippen molar-refractivity contribution in [3.8, 4) is 0 Å². The zero-order chi connectivity index (χ0) is 17.8. The van der Waals surface area contributed by atoms with E-state index in [2.05, 4.69) is 87.8 Å². The Morgan fingerprint density at radius 2 is 0.833 bits per heavy atom. The summed E-state index contributed by atoms with van der Waals surface area (Å²) >= 11 is 0. The fourth-order valence-corrected chi connectivity index (χ4v) is 4.70. The minimum atomic E-state index is -1.74. The molecule has 0 amide bonds. The van der Waals surface area contributed by atoms with Gasteiger partial charge in [-0.2, -0.15) is 0 Å². The standard InChI is InChI=1S/C20H30O2Si2/c1-23(2,3)21-19(17-13-9-7-10-14-17)20(22-24(4,5)6)18-15-11-8-12-16-18/h7-16,19-20H,1-6H3/t19-,20-/m0/s1. The first kappa shape index (κ1) is 19.1. The Hall–Kier alpha value is -1.21. The highest BCUT2D eigenvalue weighted by Crippen LogP contribution is 2.39. The van der Waals surface area contributed by atoms with Crippen LogP contribution in [0.1, 0.15) is 23.3 Å². The first-order valence-electron chi connectivity index (χ1n) is 8.61. The molecule has 130 valence electrons. The van der Waals surface area contributed by atoms with E-state index in [1.54, 1.807) is 0 Å². The van der Waals surface area contributed by atoms with E-state index < -0.39 is 16.6 Å². The molecule has 0 saturated heterocycles. The van der Waals surface area contributed by atoms with Gasteiger partial charge in [-0.25, -0.2) is 0 Å². The molecule has 2 rings (SSSR count). The maximum Gasteiger partial charge on any atom is 0.184 e. The molecule has 0 aliphatic rings. The molecule has 0 fully saturated rings. The van der Waals surface area contributed by atoms with Gasteiger partial charge < -0.3 is 8.85 Å². The van der Waals surface area contributed by atoms with Crippen LogP contribution in [0.25, 0.3) is 0 Å². The molecular weight excluding hydrogens is 328 g/mol. The molecule has 0 bridgehead atoms. The van der Waals surface area contributed by atoms with Gasteiger partial charge >= 0.3 is 0 Å². The summed E-state index contributed by atoms with van der Waals surface area (Å²) in [6, 6.07) is 21.0. The number of hydrogen-bond acceptors (Lipinski definition) is 2. The maximum absolute atomic E-state index is 6.62. The van der Waals surface area contributed by atoms with Crippen molar-refractivity contribution in [1.82, 2.24) is 0 Å². The number of hydrogen-bond donors (Lipinski definition) is 0. The van der Waals surface area contributed by atoms with Crippen LogP contribution in [0.3, 0.4) is 0 Å². The monoisotopic (exact) mass is 358 g/mol. The molecule has 2 aromatic rings. The summed E-state index contributed by atoms with van der Waals surface area (Å²) in [5.74, 6) is 0. The number of rotatable bonds is 7. The summed E-state index contributed by atoms with van der Waals surface area (Å²) in [6.45, 7) is 13.4. The van der Waals surface area contributed by atoms with Crippen LogP contribution in [0.5, 0.6) is 0 Å². The SMILES string of the molecule is C[Si](C)(C)O[C@@H](c1ccccc1)[C@@H](O[Si](C)(C)C)c1ccccc1. The molecule has 24 heavy (non-hydrogen) atoms. The molecule has 0 saturated carbocycles. The molecule has 2 aromatic carbocycles. The van der Waals surface area contributed by atoms with Crippen molar-refractivity contribution < 1.29 is 8.85 Å². The van der Waals surface area contributed by atoms with Crippen LogP contribution in [-0.2, 0) is 8.85 Å². The predicted molar refractivity (Wildman–Crippen MR) is 107 cm³/mol. The lowest BCUT2D eigenvalue weighted by atomic mass is 9.98. The molecule has 0 unspecified atom stereocenters. The zero-order valence-electron chi connectivity index (χ0n) is 15.7. The van der Waals surface area contributed by atoms with Gasteiger partial charge in [0, 0.05) is 0 Å². The molecule has 0 aliphatic carbocycles. The quantitative estimate of drug-likeness (QED) is 0.551. The van der Waals surface area contributed by atoms with Gasteiger partial charge in [-0.05, 0) is 50.4 Å². The fourth-order valence-electron chi connectivity index (χ4n) is 2.66. The van der Waals surface area contributed by atoms with Gasteiger partial charge in [0.25, 0.3) is 0 Å². The highest BCUT2D eigenvalue weighted by Gasteiger charge is 2.34. The third-order valence-electron chi connectivity index (χ3n) is 3.49. The van der Waals surface area contributed by atoms with Gasteiger partial charge in [-0.3, -0.25) is 0 Å². The van der Waals surface area contributed by atoms with Crippen molar-refractivity contribution in [1.29, 1.82) is 0 Å². The Morgan fingerprint density at radius 1 is 0.542 bits per heavy atom. The molecule has 0 radical (unpaired) electrons. The fraction of sp³-hybridized carbons (Fsp3) is 0.400. The van der Waals surface area contributed by atoms with Gasteiger partial charge in [-0.1, -0.05) is 60.7 Å². The zero-order valence-corrected chi connectivity index (χ0v) is 17.7. The third kappa shape index (κ3) is 6.02. The Morgan fingerprint density at radius 3 is 1.08 bits per heavy atom. The smallest absolute Gasteiger partial charge is 0.184 e. The molecule has 2 nitrogen and oxygen atoms in total. The molecule has 0 aromatic heterocycles. The average molecular weight is 359 g/mol. The minimum Gasteiger partial charge on any atom is -0.408 e. The highest BCUT2D eigenvalue weighted by molar-refractivity contribution is 6.70. The van der Waals surface area contributed by atoms with Crippen LogP contribution in [0.4, 0.5) is 0 Å². The summed E-state index contributed by atoms with van der Waals surface area (Å²) in [7, 11) is -3.48. The van der Waals surface area contributed by atoms with Crippen LogP contribution < -0.4 is 0 Å². The largest absolute Gasteiger partial charge is 0.408 e. The highest BCUT2D eigenvalue weighted by atomic mass is 28.4. The second kappa shape index (κ2) is 7.78. The van der Waals surface area contributed by atoms with Gasteiger partial charge in [0.2, 0.25) is 0 Å². The summed E-state index contributed by atoms with van der Waals surface area (Å²) in [4.78, 5) is 0. The van der Waals surface area contributed by atoms with Crippen LogP contribution in [0, 0.1) is 0 Å². The lowest BCUT2D eigenvalue weighted by Crippen LogP contribution is -2.36. The van der Waals surface area contributed by atoms with E-state index in [0.717, 1.165) is 0 Å². The summed E-state index contributed by atoms with van der Waals surface area (Å²) in [6.07, 6.45) is -0.154. The Kier molecular flexibility index (Phi) is 6.20. The van der Waals surface area contributed by atoms with Crippen molar-refractivity contribution >= 4 is 16.6 Å². The van der Waals surface area contributed by atoms with Crippen LogP contribution in [-0.4, -0.2) is 16.6 Å². The van der Waals surface area contributed by atoms with E-state index in [9.17, 15) is 0 Å². The van der Waals surface area contributed by atoms with E-state index in [1.807, 2.05) is 12.1 Å². The van der Waals surface area contributed by atoms with E-state index in [4.69, 9.17) is 8.85 Å². The van der Waals surface area contributed by atoms with E-state index in [0.29, 0.717) is 0 Å². The molecule has 0 aliphatic heterocycles. The van der Waals surface area contributed by atoms with Gasteiger partial charge in [0.05, 0.1) is 12.2 Å². The van der Waals surface area contributed by atoms with Gasteiger partial charge in [0.1, 0.15) is 0 Å². The summed E-state index contributed by atoms with van der Waals surface area (Å²) in [5.41, 5.74) is 2.37. The van der Waals surface area contributed by atoms with E-state index in [-0.39, 0.29) is 12.2 Å². The Balaban J connectivity index is 2.47. The van der Waals surface area contributed by atoms with E-state index >= 15 is 0 Å². The Bertz CT molecular complexity index is 558. The lowest BCUT2D eigenvalue weighted by molar-refractivity contribution is 0.0420. The molecule has 2 atom stereocenters. The van der Waals surface area contributed by atoms with Gasteiger partial charge in [0.15, 0.2) is 16.6 Å². The van der Waals surface area contributed by atoms with Crippen molar-refractivity contribution in [3.05, 3.63) is 71.8 Å². The van der Waals surface area contributed by atoms with Crippen molar-refractivity contribution in [2.45, 2.75) is 51.5 Å². The first-order chi connectivity index (χ1) is 11.2. The topological polar surface area (TPSA) is 18.5 Å². The third-order valence-corrected chi connectivity index (χ3v) is 5.41. The van der Waals surface area contributed by atoms with Crippen LogP contribution in [0.15, 0.2) is 60.7 Å². The molecule has 0 heterocycles. The normalized spacial score (nSPS) is 15.1. The van der Waals surface area contributed by atoms with Crippen molar-refractivity contribution in [2.75, 3.05) is 0 Å². The molecule has 0 spiro atoms. The second-order valence-corrected chi connectivity index (χ2v) is 17.0. The Labute approximate surface area is 149 Å². The molecule has 0 N–H and O–H groups in total. The predicted octanol–water partition coefficient (Wildman–Crippen LogP) is 6.17. The van der Waals surface area contributed by atoms with Crippen molar-refractivity contribution in [3.63, 3.8) is 0 Å².